The lowest BCUT2D eigenvalue weighted by atomic mass is 9.76. The summed E-state index contributed by atoms with van der Waals surface area (Å²) < 4.78 is 54.1. The number of likely N-dealkylation sites (N-methyl/N-ethyl adjacent to an activating group) is 2. The van der Waals surface area contributed by atoms with E-state index in [-0.39, 0.29) is 42.2 Å². The van der Waals surface area contributed by atoms with Crippen LogP contribution in [0.1, 0.15) is 97.0 Å². The molecule has 7 rings (SSSR count). The van der Waals surface area contributed by atoms with E-state index in [0.29, 0.717) is 56.4 Å². The smallest absolute Gasteiger partial charge is 0.341 e. The molecule has 0 spiro atoms. The lowest BCUT2D eigenvalue weighted by Crippen LogP contribution is -2.63. The molecule has 0 amide bonds. The first-order valence-corrected chi connectivity index (χ1v) is 25.9. The highest BCUT2D eigenvalue weighted by Crippen LogP contribution is 2.42. The van der Waals surface area contributed by atoms with Gasteiger partial charge in [0.1, 0.15) is 23.9 Å². The maximum Gasteiger partial charge on any atom is 0.341 e. The lowest BCUT2D eigenvalue weighted by Gasteiger charge is -2.51. The molecule has 0 aliphatic carbocycles. The number of methoxy groups -OCH3 is 2. The number of aromatic carboxylic acids is 1. The van der Waals surface area contributed by atoms with Gasteiger partial charge in [-0.15, -0.1) is 0 Å². The Labute approximate surface area is 426 Å². The summed E-state index contributed by atoms with van der Waals surface area (Å²) in [6.07, 6.45) is -2.67. The van der Waals surface area contributed by atoms with E-state index in [1.165, 1.54) is 6.20 Å². The van der Waals surface area contributed by atoms with Crippen LogP contribution >= 0.6 is 0 Å². The monoisotopic (exact) mass is 1020 g/mol. The van der Waals surface area contributed by atoms with Crippen LogP contribution in [0.3, 0.4) is 0 Å². The van der Waals surface area contributed by atoms with E-state index in [0.717, 1.165) is 18.5 Å². The Bertz CT molecular complexity index is 2190. The van der Waals surface area contributed by atoms with E-state index in [9.17, 15) is 29.7 Å². The van der Waals surface area contributed by atoms with Crippen LogP contribution in [0.5, 0.6) is 0 Å². The molecule has 19 heteroatoms. The van der Waals surface area contributed by atoms with Gasteiger partial charge in [-0.05, 0) is 119 Å². The molecule has 0 radical (unpaired) electrons. The van der Waals surface area contributed by atoms with Crippen LogP contribution in [0, 0.1) is 17.8 Å². The van der Waals surface area contributed by atoms with Crippen LogP contribution < -0.4 is 10.4 Å². The Morgan fingerprint density at radius 2 is 1.54 bits per heavy atom. The van der Waals surface area contributed by atoms with Crippen LogP contribution in [0.15, 0.2) is 29.2 Å². The molecular weight excluding hydrogens is 931 g/mol. The number of carboxylic acid groups (broad SMARTS) is 1. The first kappa shape index (κ1) is 58.0. The summed E-state index contributed by atoms with van der Waals surface area (Å²) in [4.78, 5) is 45.5. The van der Waals surface area contributed by atoms with Crippen molar-refractivity contribution in [1.29, 1.82) is 0 Å². The number of aliphatic hydroxyl groups excluding tert-OH is 2. The molecule has 19 nitrogen and oxygen atoms in total. The van der Waals surface area contributed by atoms with Gasteiger partial charge in [0.25, 0.3) is 0 Å². The van der Waals surface area contributed by atoms with Gasteiger partial charge < -0.3 is 68.0 Å². The molecule has 408 valence electrons. The average molecular weight is 1020 g/mol. The number of carbonyl (C=O) groups is 2. The highest BCUT2D eigenvalue weighted by Gasteiger charge is 2.53. The number of benzene rings is 1. The number of carbonyl (C=O) groups excluding carboxylic acids is 1. The third-order valence-electron chi connectivity index (χ3n) is 16.3. The second kappa shape index (κ2) is 24.1. The molecule has 5 aliphatic rings. The Balaban J connectivity index is 1.16. The molecule has 0 unspecified atom stereocenters. The number of pyridine rings is 1. The summed E-state index contributed by atoms with van der Waals surface area (Å²) in [6.45, 7) is 18.4. The van der Waals surface area contributed by atoms with Gasteiger partial charge in [0.2, 0.25) is 5.43 Å². The van der Waals surface area contributed by atoms with E-state index in [4.69, 9.17) is 37.9 Å². The van der Waals surface area contributed by atoms with Gasteiger partial charge in [-0.25, -0.2) is 4.79 Å². The first-order chi connectivity index (χ1) is 33.8. The third kappa shape index (κ3) is 12.8. The highest BCUT2D eigenvalue weighted by molar-refractivity contribution is 5.92. The standard InChI is InChI=1S/C53H87N5O14/c1-30-25-52(7,65-14)47(72-51-45(61)41(54(9)10)23-31(2)68-51)32(3)46(33(4)50(64)70-37-27-57(28-37)34(5)43(30)59)71-42-26-53(8,66-15)48(35(6)69-42)67-22-21-56(13)20-16-17-36-18-19-40-38(24-36)44(60)39(49(62)63)29-58(40)55(11)12/h18-19,24,29-35,37,41-43,45-48,51,59,61H,16-17,20-23,25-28H2,1-15H3,(H,62,63)/t30-,31-,32+,33-,34+,35+,41+,42+,43+,45-,46+,47-,48+,51+,52+,53-/m1/s1. The molecule has 6 heterocycles. The predicted molar refractivity (Wildman–Crippen MR) is 272 cm³/mol. The van der Waals surface area contributed by atoms with E-state index in [1.807, 2.05) is 93.6 Å². The van der Waals surface area contributed by atoms with E-state index >= 15 is 0 Å². The number of hydrogen-bond acceptors (Lipinski definition) is 17. The zero-order valence-corrected chi connectivity index (χ0v) is 45.6. The zero-order valence-electron chi connectivity index (χ0n) is 45.6. The minimum atomic E-state index is -1.26. The van der Waals surface area contributed by atoms with Crippen molar-refractivity contribution in [1.82, 2.24) is 19.4 Å². The highest BCUT2D eigenvalue weighted by atomic mass is 16.7. The number of esters is 1. The fraction of sp³-hybridized carbons (Fsp3) is 0.792. The lowest BCUT2D eigenvalue weighted by molar-refractivity contribution is -0.322. The van der Waals surface area contributed by atoms with Crippen molar-refractivity contribution in [3.05, 3.63) is 45.7 Å². The summed E-state index contributed by atoms with van der Waals surface area (Å²) in [5.41, 5.74) is -1.12. The van der Waals surface area contributed by atoms with Crippen molar-refractivity contribution in [2.45, 2.75) is 172 Å². The molecule has 5 saturated heterocycles. The second-order valence-corrected chi connectivity index (χ2v) is 22.2. The number of fused-ring (bicyclic) bond motifs is 11. The average Bonchev–Trinajstić information content (AvgIpc) is 3.31. The zero-order chi connectivity index (χ0) is 53.1. The molecule has 72 heavy (non-hydrogen) atoms. The number of hydrogen-bond donors (Lipinski definition) is 3. The molecular formula is C53H87N5O14. The quantitative estimate of drug-likeness (QED) is 0.194. The van der Waals surface area contributed by atoms with Gasteiger partial charge in [-0.1, -0.05) is 19.9 Å². The predicted octanol–water partition coefficient (Wildman–Crippen LogP) is 3.58. The summed E-state index contributed by atoms with van der Waals surface area (Å²) in [5, 5.41) is 35.3. The molecule has 5 fully saturated rings. The van der Waals surface area contributed by atoms with Crippen molar-refractivity contribution in [2.75, 3.05) is 87.3 Å². The number of carboxylic acids is 1. The molecule has 2 bridgehead atoms. The van der Waals surface area contributed by atoms with Gasteiger partial charge in [0, 0.05) is 84.0 Å². The van der Waals surface area contributed by atoms with Gasteiger partial charge in [0.05, 0.1) is 59.8 Å². The number of nitrogens with zero attached hydrogens (tertiary/aromatic N) is 5. The largest absolute Gasteiger partial charge is 0.477 e. The minimum Gasteiger partial charge on any atom is -0.477 e. The summed E-state index contributed by atoms with van der Waals surface area (Å²) in [6, 6.07) is 5.20. The van der Waals surface area contributed by atoms with Crippen molar-refractivity contribution < 1.29 is 62.8 Å². The van der Waals surface area contributed by atoms with Gasteiger partial charge in [-0.3, -0.25) is 19.2 Å². The minimum absolute atomic E-state index is 0.192. The number of aromatic nitrogens is 1. The van der Waals surface area contributed by atoms with Crippen LogP contribution in [0.4, 0.5) is 0 Å². The summed E-state index contributed by atoms with van der Waals surface area (Å²) in [5.74, 6) is -3.31. The van der Waals surface area contributed by atoms with Gasteiger partial charge in [-0.2, -0.15) is 0 Å². The topological polar surface area (TPSA) is 204 Å². The molecule has 2 aromatic rings. The Hall–Kier alpha value is -3.31. The fourth-order valence-corrected chi connectivity index (χ4v) is 11.6. The number of aryl methyl sites for hydroxylation is 1. The van der Waals surface area contributed by atoms with Crippen LogP contribution in [-0.4, -0.2) is 214 Å². The van der Waals surface area contributed by atoms with Crippen molar-refractivity contribution >= 4 is 22.8 Å². The maximum absolute atomic E-state index is 14.3. The number of ether oxygens (including phenoxy) is 8. The molecule has 16 atom stereocenters. The van der Waals surface area contributed by atoms with E-state index in [2.05, 4.69) is 9.80 Å². The van der Waals surface area contributed by atoms with E-state index in [1.54, 1.807) is 44.1 Å². The SMILES string of the molecule is CO[C@]1(C)C[C@H](O[C@H]2[C@H](C)[C@@H](O[C@@H]3O[C@H](C)C[C@H](N(C)C)[C@H]3O)[C@@](C)(OC)C[C@@H](C)[C@H](O)[C@H](C)N3CC(C3)OC(=O)[C@@H]2C)O[C@@H](C)[C@@H]1OCCN(C)CCCc1ccc2c(c1)c(=O)c(C(=O)O)cn2N(C)C. The van der Waals surface area contributed by atoms with Crippen LogP contribution in [0.2, 0.25) is 0 Å². The molecule has 5 aliphatic heterocycles. The Morgan fingerprint density at radius 1 is 0.875 bits per heavy atom. The molecule has 1 aromatic carbocycles. The summed E-state index contributed by atoms with van der Waals surface area (Å²) >= 11 is 0. The van der Waals surface area contributed by atoms with E-state index < -0.39 is 89.6 Å². The normalized spacial score (nSPS) is 38.1. The molecule has 3 N–H and O–H groups in total. The number of aliphatic hydroxyl groups is 2. The maximum atomic E-state index is 14.3. The first-order valence-electron chi connectivity index (χ1n) is 25.9. The second-order valence-electron chi connectivity index (χ2n) is 22.2. The third-order valence-corrected chi connectivity index (χ3v) is 16.3. The Morgan fingerprint density at radius 3 is 2.17 bits per heavy atom. The number of rotatable bonds is 17. The van der Waals surface area contributed by atoms with Crippen LogP contribution in [-0.2, 0) is 49.1 Å². The fourth-order valence-electron chi connectivity index (χ4n) is 11.6. The summed E-state index contributed by atoms with van der Waals surface area (Å²) in [7, 11) is 12.7. The molecule has 0 saturated carbocycles. The van der Waals surface area contributed by atoms with Crippen molar-refractivity contribution in [2.24, 2.45) is 17.8 Å². The van der Waals surface area contributed by atoms with Crippen molar-refractivity contribution in [3.63, 3.8) is 0 Å². The molecule has 1 aromatic heterocycles. The van der Waals surface area contributed by atoms with Gasteiger partial charge in [0.15, 0.2) is 12.6 Å². The van der Waals surface area contributed by atoms with Crippen LogP contribution in [0.25, 0.3) is 10.9 Å². The Kier molecular flexibility index (Phi) is 19.4. The van der Waals surface area contributed by atoms with Gasteiger partial charge >= 0.3 is 11.9 Å². The van der Waals surface area contributed by atoms with Crippen molar-refractivity contribution in [3.8, 4) is 0 Å².